The highest BCUT2D eigenvalue weighted by molar-refractivity contribution is 14.1. The summed E-state index contributed by atoms with van der Waals surface area (Å²) in [7, 11) is 0. The summed E-state index contributed by atoms with van der Waals surface area (Å²) in [5.41, 5.74) is -1.67. The molecule has 0 radical (unpaired) electrons. The normalized spacial score (nSPS) is 11.6. The van der Waals surface area contributed by atoms with E-state index in [0.29, 0.717) is 15.7 Å². The average molecular weight is 450 g/mol. The van der Waals surface area contributed by atoms with Gasteiger partial charge < -0.3 is 10.2 Å². The van der Waals surface area contributed by atoms with Gasteiger partial charge in [-0.05, 0) is 59.0 Å². The van der Waals surface area contributed by atoms with Crippen LogP contribution in [0.5, 0.6) is 11.5 Å². The Morgan fingerprint density at radius 3 is 1.65 bits per heavy atom. The Morgan fingerprint density at radius 2 is 1.26 bits per heavy atom. The molecule has 0 unspecified atom stereocenters. The molecule has 0 aromatic heterocycles. The molecular formula is C14H9F6IO2. The van der Waals surface area contributed by atoms with Gasteiger partial charge in [0.15, 0.2) is 0 Å². The van der Waals surface area contributed by atoms with E-state index in [1.54, 1.807) is 22.6 Å². The van der Waals surface area contributed by atoms with Crippen LogP contribution in [0.25, 0.3) is 0 Å². The summed E-state index contributed by atoms with van der Waals surface area (Å²) in [5.74, 6) is -0.717. The zero-order valence-electron chi connectivity index (χ0n) is 11.1. The zero-order chi connectivity index (χ0) is 17.8. The first-order chi connectivity index (χ1) is 10.4. The largest absolute Gasteiger partial charge is 0.508 e. The van der Waals surface area contributed by atoms with Crippen LogP contribution in [0.2, 0.25) is 0 Å². The van der Waals surface area contributed by atoms with Gasteiger partial charge in [-0.3, -0.25) is 0 Å². The quantitative estimate of drug-likeness (QED) is 0.416. The van der Waals surface area contributed by atoms with Gasteiger partial charge in [0, 0.05) is 0 Å². The number of alkyl halides is 6. The van der Waals surface area contributed by atoms with Crippen LogP contribution in [0.1, 0.15) is 11.1 Å². The van der Waals surface area contributed by atoms with Crippen LogP contribution >= 0.6 is 22.6 Å². The Labute approximate surface area is 140 Å². The smallest absolute Gasteiger partial charge is 0.416 e. The van der Waals surface area contributed by atoms with Crippen LogP contribution in [-0.4, -0.2) is 10.2 Å². The fourth-order valence-corrected chi connectivity index (χ4v) is 1.71. The lowest BCUT2D eigenvalue weighted by Crippen LogP contribution is -2.04. The molecule has 0 fully saturated rings. The molecule has 0 saturated heterocycles. The minimum absolute atomic E-state index is 0.342. The average Bonchev–Trinajstić information content (AvgIpc) is 2.40. The number of phenolic OH excluding ortho intramolecular Hbond substituents is 2. The molecule has 0 heterocycles. The fraction of sp³-hybridized carbons (Fsp3) is 0.143. The second-order valence-electron chi connectivity index (χ2n) is 4.21. The molecule has 0 spiro atoms. The Bertz CT molecular complexity index is 667. The van der Waals surface area contributed by atoms with E-state index in [1.165, 1.54) is 12.1 Å². The molecule has 0 saturated carbocycles. The predicted octanol–water partition coefficient (Wildman–Crippen LogP) is 5.43. The molecule has 0 aliphatic heterocycles. The highest BCUT2D eigenvalue weighted by Crippen LogP contribution is 2.33. The highest BCUT2D eigenvalue weighted by atomic mass is 127. The van der Waals surface area contributed by atoms with Crippen molar-refractivity contribution in [2.24, 2.45) is 0 Å². The topological polar surface area (TPSA) is 40.5 Å². The third-order valence-electron chi connectivity index (χ3n) is 2.45. The van der Waals surface area contributed by atoms with E-state index in [9.17, 15) is 26.3 Å². The lowest BCUT2D eigenvalue weighted by molar-refractivity contribution is -0.138. The Balaban J connectivity index is 0.000000231. The van der Waals surface area contributed by atoms with Gasteiger partial charge in [0.25, 0.3) is 0 Å². The number of benzene rings is 2. The van der Waals surface area contributed by atoms with Gasteiger partial charge in [0.1, 0.15) is 11.5 Å². The van der Waals surface area contributed by atoms with Crippen molar-refractivity contribution in [3.05, 3.63) is 57.2 Å². The van der Waals surface area contributed by atoms with Crippen LogP contribution in [0.3, 0.4) is 0 Å². The van der Waals surface area contributed by atoms with Gasteiger partial charge in [-0.25, -0.2) is 0 Å². The first-order valence-corrected chi connectivity index (χ1v) is 6.91. The third-order valence-corrected chi connectivity index (χ3v) is 3.36. The number of hydrogen-bond donors (Lipinski definition) is 2. The molecule has 23 heavy (non-hydrogen) atoms. The van der Waals surface area contributed by atoms with Crippen LogP contribution in [0.15, 0.2) is 42.5 Å². The summed E-state index contributed by atoms with van der Waals surface area (Å²) in [6.07, 6.45) is -8.76. The van der Waals surface area contributed by atoms with E-state index in [4.69, 9.17) is 10.2 Å². The molecule has 2 aromatic rings. The SMILES string of the molecule is Oc1cc(C(F)(F)F)ccc1I.Oc1cccc(C(F)(F)F)c1. The third kappa shape index (κ3) is 6.16. The van der Waals surface area contributed by atoms with E-state index in [-0.39, 0.29) is 11.5 Å². The molecule has 2 nitrogen and oxygen atoms in total. The molecule has 2 aromatic carbocycles. The van der Waals surface area contributed by atoms with E-state index in [1.807, 2.05) is 0 Å². The van der Waals surface area contributed by atoms with Crippen molar-refractivity contribution in [1.29, 1.82) is 0 Å². The number of phenols is 2. The Hall–Kier alpha value is -1.65. The number of halogens is 7. The number of aromatic hydroxyl groups is 2. The molecular weight excluding hydrogens is 441 g/mol. The van der Waals surface area contributed by atoms with Crippen molar-refractivity contribution in [3.8, 4) is 11.5 Å². The fourth-order valence-electron chi connectivity index (χ4n) is 1.37. The van der Waals surface area contributed by atoms with Crippen LogP contribution in [0, 0.1) is 3.57 Å². The lowest BCUT2D eigenvalue weighted by atomic mass is 10.2. The molecule has 126 valence electrons. The van der Waals surface area contributed by atoms with Gasteiger partial charge in [0.2, 0.25) is 0 Å². The summed E-state index contributed by atoms with van der Waals surface area (Å²) >= 11 is 1.75. The summed E-state index contributed by atoms with van der Waals surface area (Å²) in [6.45, 7) is 0. The molecule has 9 heteroatoms. The minimum Gasteiger partial charge on any atom is -0.508 e. The zero-order valence-corrected chi connectivity index (χ0v) is 13.2. The van der Waals surface area contributed by atoms with Crippen molar-refractivity contribution < 1.29 is 36.6 Å². The summed E-state index contributed by atoms with van der Waals surface area (Å²) in [4.78, 5) is 0. The summed E-state index contributed by atoms with van der Waals surface area (Å²) in [5, 5.41) is 17.6. The van der Waals surface area contributed by atoms with Crippen molar-refractivity contribution in [3.63, 3.8) is 0 Å². The van der Waals surface area contributed by atoms with E-state index in [2.05, 4.69) is 0 Å². The van der Waals surface area contributed by atoms with Crippen molar-refractivity contribution >= 4 is 22.6 Å². The molecule has 2 rings (SSSR count). The molecule has 0 bridgehead atoms. The number of hydrogen-bond acceptors (Lipinski definition) is 2. The lowest BCUT2D eigenvalue weighted by Gasteiger charge is -2.06. The second-order valence-corrected chi connectivity index (χ2v) is 5.37. The van der Waals surface area contributed by atoms with Gasteiger partial charge in [-0.1, -0.05) is 6.07 Å². The van der Waals surface area contributed by atoms with E-state index < -0.39 is 23.5 Å². The summed E-state index contributed by atoms with van der Waals surface area (Å²) < 4.78 is 71.9. The standard InChI is InChI=1S/C7H4F3IO.C7H5F3O/c8-7(9,10)4-1-2-5(11)6(12)3-4;8-7(9,10)5-2-1-3-6(11)4-5/h1-3,12H;1-4,11H. The van der Waals surface area contributed by atoms with Crippen molar-refractivity contribution in [1.82, 2.24) is 0 Å². The maximum atomic E-state index is 12.0. The Kier molecular flexibility index (Phi) is 6.14. The molecule has 0 aliphatic carbocycles. The first-order valence-electron chi connectivity index (χ1n) is 5.83. The monoisotopic (exact) mass is 450 g/mol. The van der Waals surface area contributed by atoms with Gasteiger partial charge >= 0.3 is 12.4 Å². The van der Waals surface area contributed by atoms with Crippen LogP contribution in [0.4, 0.5) is 26.3 Å². The van der Waals surface area contributed by atoms with Gasteiger partial charge in [-0.2, -0.15) is 26.3 Å². The van der Waals surface area contributed by atoms with Crippen molar-refractivity contribution in [2.45, 2.75) is 12.4 Å². The first kappa shape index (κ1) is 19.4. The summed E-state index contributed by atoms with van der Waals surface area (Å²) in [6, 6.07) is 6.79. The van der Waals surface area contributed by atoms with E-state index >= 15 is 0 Å². The van der Waals surface area contributed by atoms with Crippen molar-refractivity contribution in [2.75, 3.05) is 0 Å². The van der Waals surface area contributed by atoms with Crippen LogP contribution < -0.4 is 0 Å². The number of rotatable bonds is 0. The molecule has 2 N–H and O–H groups in total. The van der Waals surface area contributed by atoms with Gasteiger partial charge in [0.05, 0.1) is 14.7 Å². The second kappa shape index (κ2) is 7.28. The van der Waals surface area contributed by atoms with Crippen LogP contribution in [-0.2, 0) is 12.4 Å². The van der Waals surface area contributed by atoms with E-state index in [0.717, 1.165) is 18.2 Å². The molecule has 0 aliphatic rings. The maximum absolute atomic E-state index is 12.0. The maximum Gasteiger partial charge on any atom is 0.416 e. The molecule has 0 atom stereocenters. The van der Waals surface area contributed by atoms with Gasteiger partial charge in [-0.15, -0.1) is 0 Å². The highest BCUT2D eigenvalue weighted by Gasteiger charge is 2.31. The predicted molar refractivity (Wildman–Crippen MR) is 78.9 cm³/mol. The minimum atomic E-state index is -4.39. The Morgan fingerprint density at radius 1 is 0.739 bits per heavy atom. The molecule has 0 amide bonds.